The van der Waals surface area contributed by atoms with Crippen molar-refractivity contribution in [3.63, 3.8) is 0 Å². The molecule has 188 valence electrons. The van der Waals surface area contributed by atoms with Gasteiger partial charge in [0.25, 0.3) is 0 Å². The molecule has 2 aromatic rings. The SMILES string of the molecule is CCCCCCCCOc1cc(/C=C/c2ccc(C)c(OCCCCCCCC)c2)ccc1C. The summed E-state index contributed by atoms with van der Waals surface area (Å²) in [5.41, 5.74) is 4.73. The number of hydrogen-bond acceptors (Lipinski definition) is 2. The molecule has 0 N–H and O–H groups in total. The normalized spacial score (nSPS) is 11.3. The van der Waals surface area contributed by atoms with Crippen LogP contribution in [-0.2, 0) is 0 Å². The van der Waals surface area contributed by atoms with E-state index in [9.17, 15) is 0 Å². The van der Waals surface area contributed by atoms with Gasteiger partial charge in [-0.3, -0.25) is 0 Å². The van der Waals surface area contributed by atoms with Gasteiger partial charge in [0.15, 0.2) is 0 Å². The molecule has 0 saturated carbocycles. The van der Waals surface area contributed by atoms with Crippen LogP contribution < -0.4 is 9.47 Å². The van der Waals surface area contributed by atoms with Gasteiger partial charge in [0.1, 0.15) is 11.5 Å². The van der Waals surface area contributed by atoms with Crippen LogP contribution in [0.25, 0.3) is 12.2 Å². The molecule has 0 amide bonds. The van der Waals surface area contributed by atoms with Crippen LogP contribution in [-0.4, -0.2) is 13.2 Å². The molecule has 0 atom stereocenters. The summed E-state index contributed by atoms with van der Waals surface area (Å²) < 4.78 is 12.2. The third kappa shape index (κ3) is 11.3. The Morgan fingerprint density at radius 3 is 1.32 bits per heavy atom. The van der Waals surface area contributed by atoms with E-state index in [2.05, 4.69) is 76.2 Å². The van der Waals surface area contributed by atoms with E-state index in [1.165, 1.54) is 86.5 Å². The van der Waals surface area contributed by atoms with Crippen molar-refractivity contribution in [1.29, 1.82) is 0 Å². The Labute approximate surface area is 209 Å². The van der Waals surface area contributed by atoms with Gasteiger partial charge >= 0.3 is 0 Å². The van der Waals surface area contributed by atoms with Crippen LogP contribution in [0.4, 0.5) is 0 Å². The molecule has 0 fully saturated rings. The van der Waals surface area contributed by atoms with Crippen LogP contribution in [0, 0.1) is 13.8 Å². The number of ether oxygens (including phenoxy) is 2. The average molecular weight is 465 g/mol. The molecule has 2 aromatic carbocycles. The third-order valence-electron chi connectivity index (χ3n) is 6.40. The zero-order chi connectivity index (χ0) is 24.4. The minimum absolute atomic E-state index is 0.803. The zero-order valence-electron chi connectivity index (χ0n) is 22.3. The Bertz CT molecular complexity index is 767. The van der Waals surface area contributed by atoms with Gasteiger partial charge in [0.2, 0.25) is 0 Å². The number of benzene rings is 2. The maximum absolute atomic E-state index is 6.10. The average Bonchev–Trinajstić information content (AvgIpc) is 2.84. The van der Waals surface area contributed by atoms with Crippen molar-refractivity contribution < 1.29 is 9.47 Å². The van der Waals surface area contributed by atoms with Crippen LogP contribution in [0.3, 0.4) is 0 Å². The first-order chi connectivity index (χ1) is 16.6. The second kappa shape index (κ2) is 17.2. The van der Waals surface area contributed by atoms with Crippen molar-refractivity contribution in [2.24, 2.45) is 0 Å². The molecule has 0 heterocycles. The Hall–Kier alpha value is -2.22. The highest BCUT2D eigenvalue weighted by Crippen LogP contribution is 2.24. The van der Waals surface area contributed by atoms with Gasteiger partial charge in [-0.05, 0) is 61.1 Å². The quantitative estimate of drug-likeness (QED) is 0.161. The first-order valence-electron chi connectivity index (χ1n) is 13.8. The third-order valence-corrected chi connectivity index (χ3v) is 6.40. The molecule has 0 aromatic heterocycles. The lowest BCUT2D eigenvalue weighted by Crippen LogP contribution is -1.99. The van der Waals surface area contributed by atoms with Crippen molar-refractivity contribution in [2.75, 3.05) is 13.2 Å². The van der Waals surface area contributed by atoms with Crippen molar-refractivity contribution >= 4 is 12.2 Å². The van der Waals surface area contributed by atoms with E-state index >= 15 is 0 Å². The number of hydrogen-bond donors (Lipinski definition) is 0. The van der Waals surface area contributed by atoms with Crippen LogP contribution in [0.15, 0.2) is 36.4 Å². The molecular weight excluding hydrogens is 416 g/mol. The summed E-state index contributed by atoms with van der Waals surface area (Å²) in [5.74, 6) is 2.00. The van der Waals surface area contributed by atoms with Crippen molar-refractivity contribution in [2.45, 2.75) is 105 Å². The molecule has 0 aliphatic rings. The maximum Gasteiger partial charge on any atom is 0.122 e. The summed E-state index contributed by atoms with van der Waals surface area (Å²) >= 11 is 0. The van der Waals surface area contributed by atoms with Crippen molar-refractivity contribution in [3.8, 4) is 11.5 Å². The van der Waals surface area contributed by atoms with E-state index < -0.39 is 0 Å². The van der Waals surface area contributed by atoms with E-state index in [0.29, 0.717) is 0 Å². The van der Waals surface area contributed by atoms with Crippen LogP contribution in [0.5, 0.6) is 11.5 Å². The second-order valence-corrected chi connectivity index (χ2v) is 9.62. The lowest BCUT2D eigenvalue weighted by molar-refractivity contribution is 0.302. The van der Waals surface area contributed by atoms with E-state index in [1.54, 1.807) is 0 Å². The van der Waals surface area contributed by atoms with Gasteiger partial charge in [0, 0.05) is 0 Å². The highest BCUT2D eigenvalue weighted by molar-refractivity contribution is 5.71. The van der Waals surface area contributed by atoms with E-state index in [1.807, 2.05) is 0 Å². The highest BCUT2D eigenvalue weighted by Gasteiger charge is 2.03. The molecule has 2 rings (SSSR count). The van der Waals surface area contributed by atoms with Gasteiger partial charge < -0.3 is 9.47 Å². The molecule has 34 heavy (non-hydrogen) atoms. The van der Waals surface area contributed by atoms with E-state index in [0.717, 1.165) is 37.6 Å². The van der Waals surface area contributed by atoms with Crippen LogP contribution >= 0.6 is 0 Å². The summed E-state index contributed by atoms with van der Waals surface area (Å²) in [6.45, 7) is 10.4. The number of rotatable bonds is 18. The molecule has 0 spiro atoms. The zero-order valence-corrected chi connectivity index (χ0v) is 22.3. The first kappa shape index (κ1) is 28.0. The molecule has 2 nitrogen and oxygen atoms in total. The topological polar surface area (TPSA) is 18.5 Å². The molecule has 0 saturated heterocycles. The lowest BCUT2D eigenvalue weighted by atomic mass is 10.1. The predicted octanol–water partition coefficient (Wildman–Crippen LogP) is 9.95. The van der Waals surface area contributed by atoms with E-state index in [4.69, 9.17) is 9.47 Å². The second-order valence-electron chi connectivity index (χ2n) is 9.62. The highest BCUT2D eigenvalue weighted by atomic mass is 16.5. The standard InChI is InChI=1S/C32H48O2/c1-5-7-9-11-13-15-23-33-31-25-29(19-17-27(31)3)21-22-30-20-18-28(4)32(26-30)34-24-16-14-12-10-8-6-2/h17-22,25-26H,5-16,23-24H2,1-4H3/b22-21+. The van der Waals surface area contributed by atoms with E-state index in [-0.39, 0.29) is 0 Å². The van der Waals surface area contributed by atoms with Crippen LogP contribution in [0.1, 0.15) is 113 Å². The largest absolute Gasteiger partial charge is 0.493 e. The summed E-state index contributed by atoms with van der Waals surface area (Å²) in [7, 11) is 0. The lowest BCUT2D eigenvalue weighted by Gasteiger charge is -2.11. The number of aryl methyl sites for hydroxylation is 2. The van der Waals surface area contributed by atoms with Crippen molar-refractivity contribution in [1.82, 2.24) is 0 Å². The molecular formula is C32H48O2. The minimum Gasteiger partial charge on any atom is -0.493 e. The Balaban J connectivity index is 1.84. The summed E-state index contributed by atoms with van der Waals surface area (Å²) in [6.07, 6.45) is 19.7. The van der Waals surface area contributed by atoms with Gasteiger partial charge in [-0.2, -0.15) is 0 Å². The Morgan fingerprint density at radius 1 is 0.529 bits per heavy atom. The van der Waals surface area contributed by atoms with Gasteiger partial charge in [0.05, 0.1) is 13.2 Å². The molecule has 0 aliphatic heterocycles. The summed E-state index contributed by atoms with van der Waals surface area (Å²) in [4.78, 5) is 0. The smallest absolute Gasteiger partial charge is 0.122 e. The first-order valence-corrected chi connectivity index (χ1v) is 13.8. The number of unbranched alkanes of at least 4 members (excludes halogenated alkanes) is 10. The maximum atomic E-state index is 6.10. The van der Waals surface area contributed by atoms with Gasteiger partial charge in [-0.15, -0.1) is 0 Å². The molecule has 0 bridgehead atoms. The molecule has 2 heteroatoms. The summed E-state index contributed by atoms with van der Waals surface area (Å²) in [6, 6.07) is 12.9. The Kier molecular flexibility index (Phi) is 14.2. The molecule has 0 unspecified atom stereocenters. The van der Waals surface area contributed by atoms with Crippen molar-refractivity contribution in [3.05, 3.63) is 58.7 Å². The van der Waals surface area contributed by atoms with Gasteiger partial charge in [-0.1, -0.05) is 114 Å². The molecule has 0 radical (unpaired) electrons. The fourth-order valence-electron chi connectivity index (χ4n) is 4.07. The summed E-state index contributed by atoms with van der Waals surface area (Å²) in [5, 5.41) is 0. The van der Waals surface area contributed by atoms with Crippen LogP contribution in [0.2, 0.25) is 0 Å². The fraction of sp³-hybridized carbons (Fsp3) is 0.562. The minimum atomic E-state index is 0.803. The van der Waals surface area contributed by atoms with Gasteiger partial charge in [-0.25, -0.2) is 0 Å². The predicted molar refractivity (Wildman–Crippen MR) is 149 cm³/mol. The monoisotopic (exact) mass is 464 g/mol. The fourth-order valence-corrected chi connectivity index (χ4v) is 4.07. The molecule has 0 aliphatic carbocycles. The Morgan fingerprint density at radius 2 is 0.912 bits per heavy atom.